The van der Waals surface area contributed by atoms with Gasteiger partial charge in [0.15, 0.2) is 6.61 Å². The third kappa shape index (κ3) is 5.93. The van der Waals surface area contributed by atoms with Crippen LogP contribution in [-0.4, -0.2) is 48.3 Å². The lowest BCUT2D eigenvalue weighted by atomic mass is 10.2. The maximum atomic E-state index is 11.9. The maximum absolute atomic E-state index is 11.9. The number of nitrogens with one attached hydrogen (secondary N) is 2. The van der Waals surface area contributed by atoms with Gasteiger partial charge in [0.05, 0.1) is 18.7 Å². The molecule has 10 heteroatoms. The van der Waals surface area contributed by atoms with Gasteiger partial charge in [-0.3, -0.25) is 4.79 Å². The first-order valence-corrected chi connectivity index (χ1v) is 8.79. The normalized spacial score (nSPS) is 15.5. The lowest BCUT2D eigenvalue weighted by Gasteiger charge is -2.09. The Balaban J connectivity index is 0.00000280. The number of methoxy groups -OCH3 is 1. The summed E-state index contributed by atoms with van der Waals surface area (Å²) in [4.78, 5) is 27.7. The monoisotopic (exact) mass is 410 g/mol. The minimum absolute atomic E-state index is 0. The van der Waals surface area contributed by atoms with Crippen LogP contribution in [0.3, 0.4) is 0 Å². The number of hydrogen-bond donors (Lipinski definition) is 2. The van der Waals surface area contributed by atoms with Crippen LogP contribution in [0.4, 0.5) is 0 Å². The molecule has 0 aliphatic carbocycles. The average molecular weight is 411 g/mol. The predicted octanol–water partition coefficient (Wildman–Crippen LogP) is 1.27. The summed E-state index contributed by atoms with van der Waals surface area (Å²) in [5.41, 5.74) is 0.399. The van der Waals surface area contributed by atoms with E-state index in [9.17, 15) is 9.59 Å². The van der Waals surface area contributed by atoms with E-state index in [0.29, 0.717) is 36.0 Å². The second kappa shape index (κ2) is 10.6. The van der Waals surface area contributed by atoms with Crippen LogP contribution in [0.1, 0.15) is 34.9 Å². The molecule has 0 saturated carbocycles. The van der Waals surface area contributed by atoms with Crippen LogP contribution in [0.2, 0.25) is 0 Å². The highest BCUT2D eigenvalue weighted by atomic mass is 35.5. The van der Waals surface area contributed by atoms with E-state index in [4.69, 9.17) is 9.26 Å². The first-order chi connectivity index (χ1) is 13.2. The zero-order chi connectivity index (χ0) is 19.1. The van der Waals surface area contributed by atoms with Crippen LogP contribution in [0, 0.1) is 0 Å². The highest BCUT2D eigenvalue weighted by Gasteiger charge is 2.21. The summed E-state index contributed by atoms with van der Waals surface area (Å²) < 4.78 is 15.4. The van der Waals surface area contributed by atoms with E-state index in [1.54, 1.807) is 24.3 Å². The first-order valence-electron chi connectivity index (χ1n) is 8.79. The van der Waals surface area contributed by atoms with Gasteiger partial charge in [0, 0.05) is 13.0 Å². The summed E-state index contributed by atoms with van der Waals surface area (Å²) >= 11 is 0. The number of hydrogen-bond acceptors (Lipinski definition) is 8. The lowest BCUT2D eigenvalue weighted by molar-refractivity contribution is -0.122. The van der Waals surface area contributed by atoms with Gasteiger partial charge < -0.3 is 24.6 Å². The lowest BCUT2D eigenvalue weighted by Crippen LogP contribution is -2.41. The molecule has 2 heterocycles. The van der Waals surface area contributed by atoms with Crippen molar-refractivity contribution in [3.05, 3.63) is 41.5 Å². The molecule has 1 aliphatic heterocycles. The SMILES string of the molecule is COC(=O)c1cccc(OCc2noc(CCNC(=O)C3CCCN3)n2)c1.Cl. The van der Waals surface area contributed by atoms with Gasteiger partial charge in [-0.1, -0.05) is 11.2 Å². The van der Waals surface area contributed by atoms with Crippen molar-refractivity contribution in [1.29, 1.82) is 0 Å². The third-order valence-electron chi connectivity index (χ3n) is 4.15. The standard InChI is InChI=1S/C18H22N4O5.ClH/c1-25-18(24)12-4-2-5-13(10-12)26-11-15-21-16(27-22-15)7-9-20-17(23)14-6-3-8-19-14;/h2,4-5,10,14,19H,3,6-9,11H2,1H3,(H,20,23);1H. The Morgan fingerprint density at radius 3 is 3.00 bits per heavy atom. The molecule has 1 unspecified atom stereocenters. The molecule has 1 aliphatic rings. The molecule has 1 atom stereocenters. The summed E-state index contributed by atoms with van der Waals surface area (Å²) in [7, 11) is 1.32. The minimum atomic E-state index is -0.433. The van der Waals surface area contributed by atoms with Crippen molar-refractivity contribution in [2.24, 2.45) is 0 Å². The van der Waals surface area contributed by atoms with E-state index in [1.807, 2.05) is 0 Å². The van der Waals surface area contributed by atoms with Crippen LogP contribution in [0.5, 0.6) is 5.75 Å². The number of amides is 1. The van der Waals surface area contributed by atoms with Crippen molar-refractivity contribution in [3.8, 4) is 5.75 Å². The van der Waals surface area contributed by atoms with Crippen LogP contribution in [0.25, 0.3) is 0 Å². The molecule has 28 heavy (non-hydrogen) atoms. The third-order valence-corrected chi connectivity index (χ3v) is 4.15. The number of benzene rings is 1. The Hall–Kier alpha value is -2.65. The summed E-state index contributed by atoms with van der Waals surface area (Å²) in [6.07, 6.45) is 2.34. The number of carbonyl (C=O) groups is 2. The summed E-state index contributed by atoms with van der Waals surface area (Å²) in [5, 5.41) is 9.86. The van der Waals surface area contributed by atoms with E-state index >= 15 is 0 Å². The van der Waals surface area contributed by atoms with Crippen LogP contribution >= 0.6 is 12.4 Å². The molecule has 3 rings (SSSR count). The molecule has 0 spiro atoms. The fraction of sp³-hybridized carbons (Fsp3) is 0.444. The number of nitrogens with zero attached hydrogens (tertiary/aromatic N) is 2. The molecule has 1 aromatic carbocycles. The molecular formula is C18H23ClN4O5. The Morgan fingerprint density at radius 2 is 2.25 bits per heavy atom. The molecular weight excluding hydrogens is 388 g/mol. The van der Waals surface area contributed by atoms with Crippen molar-refractivity contribution in [1.82, 2.24) is 20.8 Å². The second-order valence-electron chi connectivity index (χ2n) is 6.10. The van der Waals surface area contributed by atoms with Crippen molar-refractivity contribution in [2.75, 3.05) is 20.2 Å². The number of esters is 1. The number of halogens is 1. The summed E-state index contributed by atoms with van der Waals surface area (Å²) in [6.45, 7) is 1.42. The highest BCUT2D eigenvalue weighted by Crippen LogP contribution is 2.15. The Kier molecular flexibility index (Phi) is 8.21. The fourth-order valence-electron chi connectivity index (χ4n) is 2.75. The van der Waals surface area contributed by atoms with E-state index < -0.39 is 5.97 Å². The highest BCUT2D eigenvalue weighted by molar-refractivity contribution is 5.89. The molecule has 1 fully saturated rings. The van der Waals surface area contributed by atoms with E-state index in [0.717, 1.165) is 19.4 Å². The Labute approximate surface area is 168 Å². The van der Waals surface area contributed by atoms with Gasteiger partial charge in [0.2, 0.25) is 17.6 Å². The van der Waals surface area contributed by atoms with E-state index in [-0.39, 0.29) is 31.0 Å². The van der Waals surface area contributed by atoms with Gasteiger partial charge in [0.1, 0.15) is 5.75 Å². The van der Waals surface area contributed by atoms with Crippen LogP contribution < -0.4 is 15.4 Å². The van der Waals surface area contributed by atoms with Gasteiger partial charge in [-0.25, -0.2) is 4.79 Å². The quantitative estimate of drug-likeness (QED) is 0.625. The number of aromatic nitrogens is 2. The van der Waals surface area contributed by atoms with Crippen molar-refractivity contribution in [2.45, 2.75) is 31.9 Å². The number of ether oxygens (including phenoxy) is 2. The molecule has 0 bridgehead atoms. The largest absolute Gasteiger partial charge is 0.485 e. The maximum Gasteiger partial charge on any atom is 0.337 e. The van der Waals surface area contributed by atoms with Crippen LogP contribution in [-0.2, 0) is 22.6 Å². The average Bonchev–Trinajstić information content (AvgIpc) is 3.38. The second-order valence-corrected chi connectivity index (χ2v) is 6.10. The van der Waals surface area contributed by atoms with Gasteiger partial charge in [-0.2, -0.15) is 4.98 Å². The Bertz CT molecular complexity index is 792. The van der Waals surface area contributed by atoms with Crippen molar-refractivity contribution in [3.63, 3.8) is 0 Å². The predicted molar refractivity (Wildman–Crippen MR) is 101 cm³/mol. The topological polar surface area (TPSA) is 116 Å². The van der Waals surface area contributed by atoms with Crippen LogP contribution in [0.15, 0.2) is 28.8 Å². The first kappa shape index (κ1) is 21.6. The summed E-state index contributed by atoms with van der Waals surface area (Å²) in [5.74, 6) is 0.882. The van der Waals surface area contributed by atoms with Gasteiger partial charge in [-0.05, 0) is 37.6 Å². The molecule has 2 N–H and O–H groups in total. The molecule has 0 radical (unpaired) electrons. The molecule has 1 amide bonds. The molecule has 2 aromatic rings. The van der Waals surface area contributed by atoms with Gasteiger partial charge >= 0.3 is 5.97 Å². The summed E-state index contributed by atoms with van der Waals surface area (Å²) in [6, 6.07) is 6.54. The van der Waals surface area contributed by atoms with Crippen molar-refractivity contribution >= 4 is 24.3 Å². The molecule has 1 saturated heterocycles. The molecule has 152 valence electrons. The molecule has 9 nitrogen and oxygen atoms in total. The minimum Gasteiger partial charge on any atom is -0.485 e. The fourth-order valence-corrected chi connectivity index (χ4v) is 2.75. The number of carbonyl (C=O) groups excluding carboxylic acids is 2. The number of rotatable bonds is 8. The zero-order valence-corrected chi connectivity index (χ0v) is 16.3. The van der Waals surface area contributed by atoms with Gasteiger partial charge in [0.25, 0.3) is 0 Å². The smallest absolute Gasteiger partial charge is 0.337 e. The van der Waals surface area contributed by atoms with E-state index in [2.05, 4.69) is 25.5 Å². The molecule has 1 aromatic heterocycles. The van der Waals surface area contributed by atoms with E-state index in [1.165, 1.54) is 7.11 Å². The van der Waals surface area contributed by atoms with Crippen molar-refractivity contribution < 1.29 is 23.6 Å². The zero-order valence-electron chi connectivity index (χ0n) is 15.5. The van der Waals surface area contributed by atoms with Gasteiger partial charge in [-0.15, -0.1) is 12.4 Å². The Morgan fingerprint density at radius 1 is 1.39 bits per heavy atom.